The SMILES string of the molecule is COc1ccc(-n2ccc(CNCC(C)C)n2)cc1C. The third-order valence-corrected chi connectivity index (χ3v) is 3.15. The number of nitrogens with zero attached hydrogens (tertiary/aromatic N) is 2. The molecule has 0 radical (unpaired) electrons. The van der Waals surface area contributed by atoms with Crippen LogP contribution in [0.1, 0.15) is 25.1 Å². The predicted octanol–water partition coefficient (Wildman–Crippen LogP) is 2.93. The fourth-order valence-electron chi connectivity index (χ4n) is 2.09. The molecule has 0 unspecified atom stereocenters. The first-order valence-electron chi connectivity index (χ1n) is 7.00. The minimum atomic E-state index is 0.654. The van der Waals surface area contributed by atoms with Crippen LogP contribution in [0.5, 0.6) is 5.75 Å². The van der Waals surface area contributed by atoms with E-state index < -0.39 is 0 Å². The molecule has 1 aromatic carbocycles. The van der Waals surface area contributed by atoms with Crippen LogP contribution in [-0.2, 0) is 6.54 Å². The maximum absolute atomic E-state index is 5.28. The topological polar surface area (TPSA) is 39.1 Å². The lowest BCUT2D eigenvalue weighted by Gasteiger charge is -2.07. The standard InChI is InChI=1S/C16H23N3O/c1-12(2)10-17-11-14-7-8-19(18-14)15-5-6-16(20-4)13(3)9-15/h5-9,12,17H,10-11H2,1-4H3. The van der Waals surface area contributed by atoms with E-state index in [1.807, 2.05) is 36.0 Å². The Hall–Kier alpha value is -1.81. The summed E-state index contributed by atoms with van der Waals surface area (Å²) < 4.78 is 7.18. The number of nitrogens with one attached hydrogen (secondary N) is 1. The van der Waals surface area contributed by atoms with Crippen LogP contribution in [0.15, 0.2) is 30.5 Å². The molecule has 0 aliphatic heterocycles. The smallest absolute Gasteiger partial charge is 0.121 e. The van der Waals surface area contributed by atoms with Crippen molar-refractivity contribution in [3.05, 3.63) is 41.7 Å². The van der Waals surface area contributed by atoms with Gasteiger partial charge in [-0.2, -0.15) is 5.10 Å². The van der Waals surface area contributed by atoms with Crippen LogP contribution < -0.4 is 10.1 Å². The number of rotatable bonds is 6. The zero-order valence-corrected chi connectivity index (χ0v) is 12.7. The van der Waals surface area contributed by atoms with Crippen LogP contribution in [0.3, 0.4) is 0 Å². The van der Waals surface area contributed by atoms with E-state index in [1.54, 1.807) is 7.11 Å². The molecule has 4 nitrogen and oxygen atoms in total. The molecule has 0 saturated carbocycles. The fourth-order valence-corrected chi connectivity index (χ4v) is 2.09. The van der Waals surface area contributed by atoms with E-state index in [4.69, 9.17) is 4.74 Å². The summed E-state index contributed by atoms with van der Waals surface area (Å²) in [6.45, 7) is 8.25. The van der Waals surface area contributed by atoms with Gasteiger partial charge in [0.2, 0.25) is 0 Å². The van der Waals surface area contributed by atoms with Gasteiger partial charge in [-0.15, -0.1) is 0 Å². The molecule has 108 valence electrons. The number of hydrogen-bond acceptors (Lipinski definition) is 3. The van der Waals surface area contributed by atoms with Gasteiger partial charge in [0.15, 0.2) is 0 Å². The number of ether oxygens (including phenoxy) is 1. The first-order valence-corrected chi connectivity index (χ1v) is 7.00. The third kappa shape index (κ3) is 3.61. The third-order valence-electron chi connectivity index (χ3n) is 3.15. The second kappa shape index (κ2) is 6.57. The van der Waals surface area contributed by atoms with Gasteiger partial charge < -0.3 is 10.1 Å². The van der Waals surface area contributed by atoms with Crippen LogP contribution in [0.4, 0.5) is 0 Å². The summed E-state index contributed by atoms with van der Waals surface area (Å²) in [5.41, 5.74) is 3.22. The zero-order chi connectivity index (χ0) is 14.5. The number of hydrogen-bond donors (Lipinski definition) is 1. The summed E-state index contributed by atoms with van der Waals surface area (Å²) in [5, 5.41) is 7.99. The molecule has 2 rings (SSSR count). The average molecular weight is 273 g/mol. The lowest BCUT2D eigenvalue weighted by Crippen LogP contribution is -2.19. The Morgan fingerprint density at radius 2 is 2.10 bits per heavy atom. The maximum Gasteiger partial charge on any atom is 0.121 e. The molecule has 20 heavy (non-hydrogen) atoms. The quantitative estimate of drug-likeness (QED) is 0.879. The minimum Gasteiger partial charge on any atom is -0.496 e. The highest BCUT2D eigenvalue weighted by Crippen LogP contribution is 2.20. The Morgan fingerprint density at radius 3 is 2.75 bits per heavy atom. The molecular formula is C16H23N3O. The number of aromatic nitrogens is 2. The summed E-state index contributed by atoms with van der Waals surface area (Å²) in [6, 6.07) is 8.12. The van der Waals surface area contributed by atoms with Crippen molar-refractivity contribution in [2.75, 3.05) is 13.7 Å². The van der Waals surface area contributed by atoms with E-state index in [0.29, 0.717) is 5.92 Å². The normalized spacial score (nSPS) is 11.1. The first-order chi connectivity index (χ1) is 9.60. The van der Waals surface area contributed by atoms with Crippen LogP contribution in [0, 0.1) is 12.8 Å². The Balaban J connectivity index is 2.06. The number of methoxy groups -OCH3 is 1. The first kappa shape index (κ1) is 14.6. The molecular weight excluding hydrogens is 250 g/mol. The summed E-state index contributed by atoms with van der Waals surface area (Å²) in [6.07, 6.45) is 1.99. The number of aryl methyl sites for hydroxylation is 1. The van der Waals surface area contributed by atoms with Crippen molar-refractivity contribution >= 4 is 0 Å². The van der Waals surface area contributed by atoms with Gasteiger partial charge >= 0.3 is 0 Å². The zero-order valence-electron chi connectivity index (χ0n) is 12.7. The molecule has 1 heterocycles. The van der Waals surface area contributed by atoms with Crippen molar-refractivity contribution < 1.29 is 4.74 Å². The highest BCUT2D eigenvalue weighted by atomic mass is 16.5. The molecule has 0 fully saturated rings. The van der Waals surface area contributed by atoms with Crippen molar-refractivity contribution in [3.8, 4) is 11.4 Å². The van der Waals surface area contributed by atoms with Gasteiger partial charge in [-0.05, 0) is 49.2 Å². The summed E-state index contributed by atoms with van der Waals surface area (Å²) in [7, 11) is 1.69. The van der Waals surface area contributed by atoms with Crippen molar-refractivity contribution in [1.29, 1.82) is 0 Å². The molecule has 0 aliphatic carbocycles. The molecule has 0 spiro atoms. The summed E-state index contributed by atoms with van der Waals surface area (Å²) in [4.78, 5) is 0. The summed E-state index contributed by atoms with van der Waals surface area (Å²) >= 11 is 0. The van der Waals surface area contributed by atoms with E-state index in [0.717, 1.165) is 35.8 Å². The molecule has 0 atom stereocenters. The van der Waals surface area contributed by atoms with Gasteiger partial charge in [-0.3, -0.25) is 0 Å². The van der Waals surface area contributed by atoms with Crippen LogP contribution in [-0.4, -0.2) is 23.4 Å². The lowest BCUT2D eigenvalue weighted by atomic mass is 10.2. The molecule has 2 aromatic rings. The van der Waals surface area contributed by atoms with Gasteiger partial charge in [0.05, 0.1) is 18.5 Å². The molecule has 1 aromatic heterocycles. The Bertz CT molecular complexity index is 561. The monoisotopic (exact) mass is 273 g/mol. The van der Waals surface area contributed by atoms with Gasteiger partial charge in [-0.25, -0.2) is 4.68 Å². The van der Waals surface area contributed by atoms with Gasteiger partial charge in [0.25, 0.3) is 0 Å². The molecule has 4 heteroatoms. The van der Waals surface area contributed by atoms with E-state index in [1.165, 1.54) is 0 Å². The van der Waals surface area contributed by atoms with Gasteiger partial charge in [0.1, 0.15) is 5.75 Å². The van der Waals surface area contributed by atoms with Crippen molar-refractivity contribution in [3.63, 3.8) is 0 Å². The maximum atomic E-state index is 5.28. The Kier molecular flexibility index (Phi) is 4.79. The molecule has 0 bridgehead atoms. The lowest BCUT2D eigenvalue weighted by molar-refractivity contribution is 0.411. The van der Waals surface area contributed by atoms with E-state index >= 15 is 0 Å². The Labute approximate surface area is 120 Å². The van der Waals surface area contributed by atoms with Crippen LogP contribution in [0.25, 0.3) is 5.69 Å². The van der Waals surface area contributed by atoms with Crippen LogP contribution in [0.2, 0.25) is 0 Å². The van der Waals surface area contributed by atoms with E-state index in [9.17, 15) is 0 Å². The van der Waals surface area contributed by atoms with Gasteiger partial charge in [-0.1, -0.05) is 13.8 Å². The van der Waals surface area contributed by atoms with E-state index in [2.05, 4.69) is 30.3 Å². The molecule has 0 saturated heterocycles. The molecule has 1 N–H and O–H groups in total. The molecule has 0 amide bonds. The minimum absolute atomic E-state index is 0.654. The van der Waals surface area contributed by atoms with E-state index in [-0.39, 0.29) is 0 Å². The molecule has 0 aliphatic rings. The fraction of sp³-hybridized carbons (Fsp3) is 0.438. The largest absolute Gasteiger partial charge is 0.496 e. The summed E-state index contributed by atoms with van der Waals surface area (Å²) in [5.74, 6) is 1.56. The number of benzene rings is 1. The van der Waals surface area contributed by atoms with Crippen LogP contribution >= 0.6 is 0 Å². The highest BCUT2D eigenvalue weighted by Gasteiger charge is 2.04. The second-order valence-corrected chi connectivity index (χ2v) is 5.43. The van der Waals surface area contributed by atoms with Crippen molar-refractivity contribution in [2.24, 2.45) is 5.92 Å². The second-order valence-electron chi connectivity index (χ2n) is 5.43. The van der Waals surface area contributed by atoms with Crippen molar-refractivity contribution in [1.82, 2.24) is 15.1 Å². The van der Waals surface area contributed by atoms with Gasteiger partial charge in [0, 0.05) is 12.7 Å². The average Bonchev–Trinajstić information content (AvgIpc) is 2.87. The highest BCUT2D eigenvalue weighted by molar-refractivity contribution is 5.43. The Morgan fingerprint density at radius 1 is 1.30 bits per heavy atom. The van der Waals surface area contributed by atoms with Crippen molar-refractivity contribution in [2.45, 2.75) is 27.3 Å². The predicted molar refractivity (Wildman–Crippen MR) is 81.4 cm³/mol.